The average Bonchev–Trinajstić information content (AvgIpc) is 2.44. The van der Waals surface area contributed by atoms with Crippen LogP contribution in [0.2, 0.25) is 0 Å². The van der Waals surface area contributed by atoms with Crippen LogP contribution in [0.3, 0.4) is 0 Å². The molecule has 1 aliphatic carbocycles. The molecule has 0 aromatic heterocycles. The van der Waals surface area contributed by atoms with Crippen molar-refractivity contribution in [2.75, 3.05) is 0 Å². The molecule has 0 bridgehead atoms. The first-order valence-corrected chi connectivity index (χ1v) is 7.59. The summed E-state index contributed by atoms with van der Waals surface area (Å²) in [5.41, 5.74) is 2.20. The van der Waals surface area contributed by atoms with E-state index in [9.17, 15) is 0 Å². The second-order valence-corrected chi connectivity index (χ2v) is 6.61. The minimum absolute atomic E-state index is 0.488. The maximum Gasteiger partial charge on any atom is 0.0255 e. The van der Waals surface area contributed by atoms with Crippen molar-refractivity contribution in [2.24, 2.45) is 11.3 Å². The Kier molecular flexibility index (Phi) is 4.17. The van der Waals surface area contributed by atoms with Crippen LogP contribution in [0, 0.1) is 11.3 Å². The van der Waals surface area contributed by atoms with Crippen LogP contribution < -0.4 is 5.32 Å². The van der Waals surface area contributed by atoms with Gasteiger partial charge in [-0.1, -0.05) is 33.6 Å². The topological polar surface area (TPSA) is 12.0 Å². The van der Waals surface area contributed by atoms with E-state index in [4.69, 9.17) is 0 Å². The van der Waals surface area contributed by atoms with Crippen LogP contribution in [-0.4, -0.2) is 6.04 Å². The number of allylic oxidation sites excluding steroid dienone is 1. The second kappa shape index (κ2) is 5.46. The number of nitrogens with one attached hydrogen (secondary N) is 1. The van der Waals surface area contributed by atoms with Gasteiger partial charge in [-0.2, -0.15) is 0 Å². The van der Waals surface area contributed by atoms with E-state index in [1.807, 2.05) is 0 Å². The first-order valence-electron chi connectivity index (χ1n) is 7.59. The molecule has 3 atom stereocenters. The highest BCUT2D eigenvalue weighted by Crippen LogP contribution is 2.45. The van der Waals surface area contributed by atoms with Gasteiger partial charge in [0.15, 0.2) is 0 Å². The minimum atomic E-state index is 0.488. The Morgan fingerprint density at radius 1 is 1.35 bits per heavy atom. The number of fused-ring (bicyclic) bond motifs is 1. The Morgan fingerprint density at radius 3 is 2.94 bits per heavy atom. The van der Waals surface area contributed by atoms with Crippen LogP contribution in [-0.2, 0) is 0 Å². The zero-order valence-electron chi connectivity index (χ0n) is 11.9. The molecular weight excluding hydrogens is 206 g/mol. The number of hydrogen-bond donors (Lipinski definition) is 1. The summed E-state index contributed by atoms with van der Waals surface area (Å²) in [5, 5.41) is 3.69. The molecule has 0 radical (unpaired) electrons. The average molecular weight is 235 g/mol. The van der Waals surface area contributed by atoms with Crippen molar-refractivity contribution in [3.63, 3.8) is 0 Å². The molecule has 0 saturated heterocycles. The smallest absolute Gasteiger partial charge is 0.0255 e. The van der Waals surface area contributed by atoms with Crippen LogP contribution in [0.25, 0.3) is 0 Å². The van der Waals surface area contributed by atoms with Gasteiger partial charge < -0.3 is 5.32 Å². The van der Waals surface area contributed by atoms with Gasteiger partial charge in [0, 0.05) is 6.04 Å². The monoisotopic (exact) mass is 235 g/mol. The summed E-state index contributed by atoms with van der Waals surface area (Å²) in [7, 11) is 0. The third kappa shape index (κ3) is 3.05. The van der Waals surface area contributed by atoms with Crippen molar-refractivity contribution in [3.8, 4) is 0 Å². The third-order valence-electron chi connectivity index (χ3n) is 4.92. The number of hydrogen-bond acceptors (Lipinski definition) is 1. The fraction of sp³-hybridized carbons (Fsp3) is 0.875. The summed E-state index contributed by atoms with van der Waals surface area (Å²) in [6.07, 6.45) is 13.4. The van der Waals surface area contributed by atoms with Gasteiger partial charge in [-0.05, 0) is 61.6 Å². The molecule has 1 aliphatic heterocycles. The normalized spacial score (nSPS) is 42.2. The lowest BCUT2D eigenvalue weighted by atomic mass is 9.70. The molecule has 0 spiro atoms. The van der Waals surface area contributed by atoms with Crippen molar-refractivity contribution in [1.82, 2.24) is 5.32 Å². The highest BCUT2D eigenvalue weighted by molar-refractivity contribution is 5.15. The summed E-state index contributed by atoms with van der Waals surface area (Å²) in [5.74, 6) is 0.860. The predicted molar refractivity (Wildman–Crippen MR) is 74.9 cm³/mol. The van der Waals surface area contributed by atoms with E-state index in [-0.39, 0.29) is 0 Å². The van der Waals surface area contributed by atoms with Gasteiger partial charge in [-0.25, -0.2) is 0 Å². The van der Waals surface area contributed by atoms with Gasteiger partial charge >= 0.3 is 0 Å². The molecule has 1 heteroatoms. The molecule has 98 valence electrons. The third-order valence-corrected chi connectivity index (χ3v) is 4.92. The molecule has 2 unspecified atom stereocenters. The van der Waals surface area contributed by atoms with E-state index in [1.165, 1.54) is 51.4 Å². The molecule has 1 fully saturated rings. The van der Waals surface area contributed by atoms with Gasteiger partial charge in [0.05, 0.1) is 0 Å². The SMILES string of the molecule is CC[C@H]1CC(C)CC2(C)CCCCC/C2=C\N1. The summed E-state index contributed by atoms with van der Waals surface area (Å²) >= 11 is 0. The predicted octanol–water partition coefficient (Wildman–Crippen LogP) is 4.64. The van der Waals surface area contributed by atoms with Crippen molar-refractivity contribution >= 4 is 0 Å². The Bertz CT molecular complexity index is 281. The molecular formula is C16H29N. The fourth-order valence-electron chi connectivity index (χ4n) is 3.86. The molecule has 1 N–H and O–H groups in total. The van der Waals surface area contributed by atoms with Gasteiger partial charge in [0.1, 0.15) is 0 Å². The molecule has 17 heavy (non-hydrogen) atoms. The lowest BCUT2D eigenvalue weighted by molar-refractivity contribution is 0.243. The quantitative estimate of drug-likeness (QED) is 0.698. The van der Waals surface area contributed by atoms with Crippen molar-refractivity contribution < 1.29 is 0 Å². The maximum absolute atomic E-state index is 3.69. The summed E-state index contributed by atoms with van der Waals surface area (Å²) < 4.78 is 0. The molecule has 0 aromatic rings. The fourth-order valence-corrected chi connectivity index (χ4v) is 3.86. The lowest BCUT2D eigenvalue weighted by Gasteiger charge is -2.37. The number of rotatable bonds is 1. The Balaban J connectivity index is 2.21. The Hall–Kier alpha value is -0.460. The van der Waals surface area contributed by atoms with Crippen molar-refractivity contribution in [2.45, 2.75) is 78.2 Å². The Labute approximate surface area is 107 Å². The lowest BCUT2D eigenvalue weighted by Crippen LogP contribution is -2.33. The van der Waals surface area contributed by atoms with E-state index in [2.05, 4.69) is 32.3 Å². The molecule has 1 nitrogen and oxygen atoms in total. The molecule has 0 aromatic carbocycles. The summed E-state index contributed by atoms with van der Waals surface area (Å²) in [6.45, 7) is 7.26. The molecule has 0 amide bonds. The van der Waals surface area contributed by atoms with E-state index in [0.717, 1.165) is 5.92 Å². The van der Waals surface area contributed by atoms with Gasteiger partial charge in [0.2, 0.25) is 0 Å². The standard InChI is InChI=1S/C16H29N/c1-4-15-10-13(2)11-16(3)9-7-5-6-8-14(16)12-17-15/h12-13,15,17H,4-11H2,1-3H3/b14-12+/t13?,15-,16?/m0/s1. The first kappa shape index (κ1) is 13.0. The van der Waals surface area contributed by atoms with E-state index in [1.54, 1.807) is 5.57 Å². The zero-order chi connectivity index (χ0) is 12.3. The van der Waals surface area contributed by atoms with Crippen LogP contribution in [0.4, 0.5) is 0 Å². The zero-order valence-corrected chi connectivity index (χ0v) is 11.9. The van der Waals surface area contributed by atoms with Crippen molar-refractivity contribution in [1.29, 1.82) is 0 Å². The first-order chi connectivity index (χ1) is 8.14. The molecule has 1 saturated carbocycles. The van der Waals surface area contributed by atoms with Gasteiger partial charge in [-0.3, -0.25) is 0 Å². The van der Waals surface area contributed by atoms with Gasteiger partial charge in [0.25, 0.3) is 0 Å². The van der Waals surface area contributed by atoms with Crippen LogP contribution in [0.15, 0.2) is 11.8 Å². The van der Waals surface area contributed by atoms with Gasteiger partial charge in [-0.15, -0.1) is 0 Å². The van der Waals surface area contributed by atoms with Crippen molar-refractivity contribution in [3.05, 3.63) is 11.8 Å². The second-order valence-electron chi connectivity index (χ2n) is 6.61. The molecule has 2 rings (SSSR count). The largest absolute Gasteiger partial charge is 0.388 e. The van der Waals surface area contributed by atoms with Crippen LogP contribution >= 0.6 is 0 Å². The van der Waals surface area contributed by atoms with E-state index >= 15 is 0 Å². The van der Waals surface area contributed by atoms with E-state index < -0.39 is 0 Å². The highest BCUT2D eigenvalue weighted by atomic mass is 14.9. The minimum Gasteiger partial charge on any atom is -0.388 e. The molecule has 1 heterocycles. The highest BCUT2D eigenvalue weighted by Gasteiger charge is 2.33. The van der Waals surface area contributed by atoms with E-state index in [0.29, 0.717) is 11.5 Å². The Morgan fingerprint density at radius 2 is 2.18 bits per heavy atom. The maximum atomic E-state index is 3.69. The van der Waals surface area contributed by atoms with Crippen LogP contribution in [0.5, 0.6) is 0 Å². The summed E-state index contributed by atoms with van der Waals surface area (Å²) in [4.78, 5) is 0. The summed E-state index contributed by atoms with van der Waals surface area (Å²) in [6, 6.07) is 0.699. The molecule has 2 aliphatic rings. The van der Waals surface area contributed by atoms with Crippen LogP contribution in [0.1, 0.15) is 72.1 Å².